The van der Waals surface area contributed by atoms with E-state index in [1.165, 1.54) is 0 Å². The Balaban J connectivity index is 0.00000385. The van der Waals surface area contributed by atoms with Crippen molar-refractivity contribution in [3.63, 3.8) is 0 Å². The molecule has 0 aliphatic carbocycles. The summed E-state index contributed by atoms with van der Waals surface area (Å²) in [4.78, 5) is 27.6. The number of likely N-dealkylation sites (N-methyl/N-ethyl adjacent to an activating group) is 1. The van der Waals surface area contributed by atoms with Crippen LogP contribution in [0.3, 0.4) is 0 Å². The summed E-state index contributed by atoms with van der Waals surface area (Å²) in [6, 6.07) is 14.9. The standard InChI is InChI=1S/C25H30Cl2N2O3.H3N/c1-4-20(15-28-3)29-23(16-8-10-18(26)11-9-16)21(17-6-5-7-19(27)12-17)13-25(2,24(29)32)14-22(30)31;/h5-12,20-21,23,28H,4,13-15H2,1-3H3,(H,30,31);1H3/t20-,21+,23+,25-;/m0./s1. The Hall–Kier alpha value is -2.12. The van der Waals surface area contributed by atoms with Gasteiger partial charge < -0.3 is 21.5 Å². The summed E-state index contributed by atoms with van der Waals surface area (Å²) in [5.41, 5.74) is 0.939. The molecule has 1 aliphatic rings. The molecule has 4 atom stereocenters. The van der Waals surface area contributed by atoms with Gasteiger partial charge in [0, 0.05) is 28.5 Å². The van der Waals surface area contributed by atoms with Crippen molar-refractivity contribution in [2.24, 2.45) is 5.41 Å². The van der Waals surface area contributed by atoms with Gasteiger partial charge in [0.1, 0.15) is 0 Å². The molecule has 1 saturated heterocycles. The smallest absolute Gasteiger partial charge is 0.304 e. The number of hydrogen-bond donors (Lipinski definition) is 3. The van der Waals surface area contributed by atoms with Crippen molar-refractivity contribution >= 4 is 35.1 Å². The second kappa shape index (κ2) is 11.3. The molecule has 2 aromatic rings. The van der Waals surface area contributed by atoms with E-state index in [2.05, 4.69) is 5.32 Å². The molecule has 3 rings (SSSR count). The molecule has 0 aromatic heterocycles. The number of amides is 1. The van der Waals surface area contributed by atoms with Crippen LogP contribution in [0, 0.1) is 5.41 Å². The van der Waals surface area contributed by atoms with Crippen molar-refractivity contribution in [3.8, 4) is 0 Å². The van der Waals surface area contributed by atoms with Crippen LogP contribution in [0.4, 0.5) is 0 Å². The van der Waals surface area contributed by atoms with Gasteiger partial charge in [-0.05, 0) is 55.3 Å². The lowest BCUT2D eigenvalue weighted by molar-refractivity contribution is -0.160. The van der Waals surface area contributed by atoms with E-state index in [0.29, 0.717) is 23.0 Å². The van der Waals surface area contributed by atoms with Crippen LogP contribution >= 0.6 is 23.2 Å². The van der Waals surface area contributed by atoms with Gasteiger partial charge >= 0.3 is 5.97 Å². The fraction of sp³-hybridized carbons (Fsp3) is 0.440. The molecule has 1 fully saturated rings. The van der Waals surface area contributed by atoms with Crippen molar-refractivity contribution in [1.82, 2.24) is 16.4 Å². The minimum Gasteiger partial charge on any atom is -0.481 e. The van der Waals surface area contributed by atoms with Crippen molar-refractivity contribution in [3.05, 3.63) is 69.7 Å². The molecule has 5 N–H and O–H groups in total. The summed E-state index contributed by atoms with van der Waals surface area (Å²) in [5.74, 6) is -1.22. The maximum Gasteiger partial charge on any atom is 0.304 e. The van der Waals surface area contributed by atoms with E-state index in [0.717, 1.165) is 17.5 Å². The highest BCUT2D eigenvalue weighted by atomic mass is 35.5. The highest BCUT2D eigenvalue weighted by Gasteiger charge is 2.52. The van der Waals surface area contributed by atoms with Gasteiger partial charge in [0.2, 0.25) is 5.91 Å². The Kier molecular flexibility index (Phi) is 9.32. The van der Waals surface area contributed by atoms with Crippen molar-refractivity contribution < 1.29 is 14.7 Å². The quantitative estimate of drug-likeness (QED) is 0.437. The molecule has 8 heteroatoms. The van der Waals surface area contributed by atoms with Gasteiger partial charge in [0.15, 0.2) is 0 Å². The normalized spacial score (nSPS) is 23.7. The number of carbonyl (C=O) groups excluding carboxylic acids is 1. The highest BCUT2D eigenvalue weighted by Crippen LogP contribution is 2.52. The maximum absolute atomic E-state index is 13.9. The second-order valence-corrected chi connectivity index (χ2v) is 9.70. The zero-order valence-electron chi connectivity index (χ0n) is 19.4. The third kappa shape index (κ3) is 5.87. The van der Waals surface area contributed by atoms with Gasteiger partial charge in [-0.1, -0.05) is 61.3 Å². The van der Waals surface area contributed by atoms with Crippen LogP contribution in [0.5, 0.6) is 0 Å². The number of piperidine rings is 1. The third-order valence-corrected chi connectivity index (χ3v) is 6.92. The predicted molar refractivity (Wildman–Crippen MR) is 133 cm³/mol. The molecule has 1 heterocycles. The first-order chi connectivity index (χ1) is 15.2. The molecule has 0 radical (unpaired) electrons. The van der Waals surface area contributed by atoms with Crippen LogP contribution < -0.4 is 11.5 Å². The molecular weight excluding hydrogens is 461 g/mol. The number of nitrogens with one attached hydrogen (secondary N) is 1. The molecule has 0 unspecified atom stereocenters. The number of nitrogens with zero attached hydrogens (tertiary/aromatic N) is 1. The monoisotopic (exact) mass is 493 g/mol. The van der Waals surface area contributed by atoms with E-state index < -0.39 is 11.4 Å². The van der Waals surface area contributed by atoms with E-state index in [1.54, 1.807) is 6.92 Å². The first-order valence-electron chi connectivity index (χ1n) is 10.9. The first-order valence-corrected chi connectivity index (χ1v) is 11.7. The van der Waals surface area contributed by atoms with Gasteiger partial charge in [-0.15, -0.1) is 0 Å². The number of carboxylic acids is 1. The number of carbonyl (C=O) groups is 2. The number of likely N-dealkylation sites (tertiary alicyclic amines) is 1. The Morgan fingerprint density at radius 1 is 1.18 bits per heavy atom. The van der Waals surface area contributed by atoms with Crippen LogP contribution in [-0.4, -0.2) is 41.5 Å². The van der Waals surface area contributed by atoms with E-state index in [9.17, 15) is 14.7 Å². The van der Waals surface area contributed by atoms with E-state index >= 15 is 0 Å². The first kappa shape index (κ1) is 27.1. The summed E-state index contributed by atoms with van der Waals surface area (Å²) >= 11 is 12.5. The molecule has 1 aliphatic heterocycles. The minimum absolute atomic E-state index is 0. The molecule has 0 bridgehead atoms. The summed E-state index contributed by atoms with van der Waals surface area (Å²) in [7, 11) is 1.86. The number of halogens is 2. The molecular formula is C25H33Cl2N3O3. The van der Waals surface area contributed by atoms with Crippen LogP contribution in [0.1, 0.15) is 56.2 Å². The summed E-state index contributed by atoms with van der Waals surface area (Å²) < 4.78 is 0. The lowest BCUT2D eigenvalue weighted by Gasteiger charge is -2.52. The van der Waals surface area contributed by atoms with E-state index in [1.807, 2.05) is 67.4 Å². The highest BCUT2D eigenvalue weighted by molar-refractivity contribution is 6.30. The minimum atomic E-state index is -1.02. The van der Waals surface area contributed by atoms with Crippen LogP contribution in [-0.2, 0) is 9.59 Å². The van der Waals surface area contributed by atoms with Crippen LogP contribution in [0.15, 0.2) is 48.5 Å². The van der Waals surface area contributed by atoms with E-state index in [-0.39, 0.29) is 36.5 Å². The number of hydrogen-bond acceptors (Lipinski definition) is 4. The van der Waals surface area contributed by atoms with Gasteiger partial charge in [0.05, 0.1) is 17.9 Å². The maximum atomic E-state index is 13.9. The van der Waals surface area contributed by atoms with Crippen molar-refractivity contribution in [2.45, 2.75) is 51.1 Å². The molecule has 2 aromatic carbocycles. The Morgan fingerprint density at radius 2 is 1.85 bits per heavy atom. The predicted octanol–water partition coefficient (Wildman–Crippen LogP) is 5.69. The lowest BCUT2D eigenvalue weighted by Crippen LogP contribution is -2.57. The zero-order valence-corrected chi connectivity index (χ0v) is 20.9. The third-order valence-electron chi connectivity index (χ3n) is 6.44. The van der Waals surface area contributed by atoms with Gasteiger partial charge in [-0.2, -0.15) is 0 Å². The number of aliphatic carboxylic acids is 1. The summed E-state index contributed by atoms with van der Waals surface area (Å²) in [6.07, 6.45) is 0.934. The second-order valence-electron chi connectivity index (χ2n) is 8.83. The molecule has 1 amide bonds. The SMILES string of the molecule is CC[C@@H](CNC)N1C(=O)[C@](C)(CC(=O)O)C[C@H](c2cccc(Cl)c2)[C@H]1c1ccc(Cl)cc1.N. The number of rotatable bonds is 8. The number of benzene rings is 2. The molecule has 33 heavy (non-hydrogen) atoms. The zero-order chi connectivity index (χ0) is 23.5. The molecule has 0 spiro atoms. The average molecular weight is 494 g/mol. The summed E-state index contributed by atoms with van der Waals surface area (Å²) in [5, 5.41) is 14.1. The lowest BCUT2D eigenvalue weighted by atomic mass is 9.67. The Bertz CT molecular complexity index is 970. The van der Waals surface area contributed by atoms with Crippen molar-refractivity contribution in [1.29, 1.82) is 0 Å². The average Bonchev–Trinajstić information content (AvgIpc) is 2.74. The fourth-order valence-electron chi connectivity index (χ4n) is 4.96. The Labute approximate surface area is 205 Å². The van der Waals surface area contributed by atoms with Gasteiger partial charge in [-0.25, -0.2) is 0 Å². The Morgan fingerprint density at radius 3 is 2.39 bits per heavy atom. The number of carboxylic acid groups (broad SMARTS) is 1. The topological polar surface area (TPSA) is 105 Å². The molecule has 0 saturated carbocycles. The van der Waals surface area contributed by atoms with Gasteiger partial charge in [-0.3, -0.25) is 9.59 Å². The van der Waals surface area contributed by atoms with E-state index in [4.69, 9.17) is 23.2 Å². The van der Waals surface area contributed by atoms with Gasteiger partial charge in [0.25, 0.3) is 0 Å². The summed E-state index contributed by atoms with van der Waals surface area (Å²) in [6.45, 7) is 4.43. The molecule has 180 valence electrons. The fourth-order valence-corrected chi connectivity index (χ4v) is 5.28. The van der Waals surface area contributed by atoms with Crippen LogP contribution in [0.2, 0.25) is 10.0 Å². The van der Waals surface area contributed by atoms with Crippen LogP contribution in [0.25, 0.3) is 0 Å². The van der Waals surface area contributed by atoms with Crippen molar-refractivity contribution in [2.75, 3.05) is 13.6 Å². The largest absolute Gasteiger partial charge is 0.481 e. The molecule has 6 nitrogen and oxygen atoms in total.